The molecule has 2 aliphatic rings. The summed E-state index contributed by atoms with van der Waals surface area (Å²) >= 11 is 3.41. The van der Waals surface area contributed by atoms with E-state index in [0.29, 0.717) is 23.6 Å². The number of likely N-dealkylation sites (tertiary alicyclic amines) is 1. The highest BCUT2D eigenvalue weighted by atomic mass is 79.9. The Bertz CT molecular complexity index is 527. The van der Waals surface area contributed by atoms with Gasteiger partial charge in [-0.05, 0) is 40.9 Å². The van der Waals surface area contributed by atoms with Crippen LogP contribution >= 0.6 is 28.3 Å². The molecule has 0 spiro atoms. The van der Waals surface area contributed by atoms with Crippen molar-refractivity contribution in [1.29, 1.82) is 0 Å². The Morgan fingerprint density at radius 1 is 1.45 bits per heavy atom. The van der Waals surface area contributed by atoms with E-state index in [-0.39, 0.29) is 31.1 Å². The highest BCUT2D eigenvalue weighted by Crippen LogP contribution is 2.40. The van der Waals surface area contributed by atoms with Gasteiger partial charge in [-0.1, -0.05) is 0 Å². The zero-order valence-corrected chi connectivity index (χ0v) is 13.2. The summed E-state index contributed by atoms with van der Waals surface area (Å²) in [6.45, 7) is 1.48. The van der Waals surface area contributed by atoms with Gasteiger partial charge in [-0.25, -0.2) is 0 Å². The van der Waals surface area contributed by atoms with Crippen LogP contribution in [-0.2, 0) is 0 Å². The first-order valence-electron chi connectivity index (χ1n) is 6.31. The first kappa shape index (κ1) is 15.4. The molecule has 1 unspecified atom stereocenters. The third-order valence-electron chi connectivity index (χ3n) is 3.58. The van der Waals surface area contributed by atoms with E-state index in [1.807, 2.05) is 4.90 Å². The summed E-state index contributed by atoms with van der Waals surface area (Å²) in [5, 5.41) is 0. The lowest BCUT2D eigenvalue weighted by atomic mass is 10.1. The molecule has 20 heavy (non-hydrogen) atoms. The van der Waals surface area contributed by atoms with E-state index in [1.54, 1.807) is 12.1 Å². The molecule has 5 nitrogen and oxygen atoms in total. The fraction of sp³-hybridized carbons (Fsp3) is 0.462. The summed E-state index contributed by atoms with van der Waals surface area (Å²) in [5.74, 6) is 1.28. The van der Waals surface area contributed by atoms with Gasteiger partial charge in [0.15, 0.2) is 11.5 Å². The summed E-state index contributed by atoms with van der Waals surface area (Å²) in [4.78, 5) is 14.4. The van der Waals surface area contributed by atoms with Crippen molar-refractivity contribution in [2.75, 3.05) is 19.9 Å². The Morgan fingerprint density at radius 2 is 2.25 bits per heavy atom. The molecule has 1 amide bonds. The minimum Gasteiger partial charge on any atom is -0.454 e. The van der Waals surface area contributed by atoms with Crippen LogP contribution in [0.15, 0.2) is 16.6 Å². The number of halogens is 2. The number of nitrogens with two attached hydrogens (primary N) is 1. The first-order valence-corrected chi connectivity index (χ1v) is 7.10. The molecule has 1 saturated heterocycles. The van der Waals surface area contributed by atoms with Crippen LogP contribution in [0.5, 0.6) is 11.5 Å². The number of nitrogens with zero attached hydrogens (tertiary/aromatic N) is 1. The summed E-state index contributed by atoms with van der Waals surface area (Å²) in [6.07, 6.45) is 1.99. The van der Waals surface area contributed by atoms with Crippen LogP contribution in [0.25, 0.3) is 0 Å². The predicted molar refractivity (Wildman–Crippen MR) is 80.6 cm³/mol. The van der Waals surface area contributed by atoms with E-state index in [9.17, 15) is 4.79 Å². The van der Waals surface area contributed by atoms with Gasteiger partial charge in [0, 0.05) is 24.7 Å². The number of fused-ring (bicyclic) bond motifs is 1. The number of benzene rings is 1. The number of hydrogen-bond acceptors (Lipinski definition) is 4. The Morgan fingerprint density at radius 3 is 3.00 bits per heavy atom. The van der Waals surface area contributed by atoms with Gasteiger partial charge in [0.1, 0.15) is 0 Å². The quantitative estimate of drug-likeness (QED) is 0.874. The van der Waals surface area contributed by atoms with E-state index in [4.69, 9.17) is 15.2 Å². The zero-order valence-electron chi connectivity index (χ0n) is 10.8. The maximum absolute atomic E-state index is 12.5. The number of ether oxygens (including phenoxy) is 2. The molecule has 110 valence electrons. The minimum atomic E-state index is 0. The normalized spacial score (nSPS) is 19.9. The van der Waals surface area contributed by atoms with Crippen molar-refractivity contribution in [2.24, 2.45) is 5.73 Å². The van der Waals surface area contributed by atoms with E-state index in [2.05, 4.69) is 15.9 Å². The molecule has 1 aromatic carbocycles. The van der Waals surface area contributed by atoms with E-state index >= 15 is 0 Å². The van der Waals surface area contributed by atoms with Gasteiger partial charge < -0.3 is 20.1 Å². The molecule has 0 radical (unpaired) electrons. The second-order valence-corrected chi connectivity index (χ2v) is 5.58. The van der Waals surface area contributed by atoms with Gasteiger partial charge in [0.05, 0.1) is 4.47 Å². The van der Waals surface area contributed by atoms with Crippen LogP contribution in [0.2, 0.25) is 0 Å². The summed E-state index contributed by atoms with van der Waals surface area (Å²) in [5.41, 5.74) is 6.32. The average Bonchev–Trinajstić information content (AvgIpc) is 3.06. The number of hydrogen-bond donors (Lipinski definition) is 1. The standard InChI is InChI=1S/C13H15BrN2O3.ClH/c14-10-4-8(5-11-12(10)19-7-18-11)13(17)16-3-1-2-9(16)6-15;/h4-5,9H,1-3,6-7,15H2;1H. The molecule has 0 saturated carbocycles. The molecule has 0 aromatic heterocycles. The van der Waals surface area contributed by atoms with Crippen LogP contribution < -0.4 is 15.2 Å². The van der Waals surface area contributed by atoms with Gasteiger partial charge in [-0.15, -0.1) is 12.4 Å². The zero-order chi connectivity index (χ0) is 13.4. The summed E-state index contributed by atoms with van der Waals surface area (Å²) in [7, 11) is 0. The molecule has 7 heteroatoms. The number of amides is 1. The largest absolute Gasteiger partial charge is 0.454 e. The van der Waals surface area contributed by atoms with Crippen LogP contribution in [-0.4, -0.2) is 36.7 Å². The first-order chi connectivity index (χ1) is 9.20. The highest BCUT2D eigenvalue weighted by Gasteiger charge is 2.30. The van der Waals surface area contributed by atoms with Crippen molar-refractivity contribution >= 4 is 34.2 Å². The van der Waals surface area contributed by atoms with Crippen LogP contribution in [0.1, 0.15) is 23.2 Å². The van der Waals surface area contributed by atoms with E-state index < -0.39 is 0 Å². The van der Waals surface area contributed by atoms with Crippen molar-refractivity contribution in [3.63, 3.8) is 0 Å². The SMILES string of the molecule is Cl.NCC1CCCN1C(=O)c1cc(Br)c2c(c1)OCO2. The predicted octanol–water partition coefficient (Wildman–Crippen LogP) is 2.16. The fourth-order valence-electron chi connectivity index (χ4n) is 2.60. The Hall–Kier alpha value is -0.980. The summed E-state index contributed by atoms with van der Waals surface area (Å²) in [6, 6.07) is 3.67. The molecular formula is C13H16BrClN2O3. The fourth-order valence-corrected chi connectivity index (χ4v) is 3.16. The molecule has 1 atom stereocenters. The third-order valence-corrected chi connectivity index (χ3v) is 4.17. The highest BCUT2D eigenvalue weighted by molar-refractivity contribution is 9.10. The smallest absolute Gasteiger partial charge is 0.254 e. The molecule has 2 heterocycles. The second-order valence-electron chi connectivity index (χ2n) is 4.72. The lowest BCUT2D eigenvalue weighted by Gasteiger charge is -2.23. The van der Waals surface area contributed by atoms with Crippen molar-refractivity contribution in [1.82, 2.24) is 4.90 Å². The van der Waals surface area contributed by atoms with Crippen molar-refractivity contribution in [3.8, 4) is 11.5 Å². The minimum absolute atomic E-state index is 0. The monoisotopic (exact) mass is 362 g/mol. The van der Waals surface area contributed by atoms with Crippen molar-refractivity contribution in [3.05, 3.63) is 22.2 Å². The van der Waals surface area contributed by atoms with Crippen molar-refractivity contribution < 1.29 is 14.3 Å². The van der Waals surface area contributed by atoms with Crippen LogP contribution in [0.4, 0.5) is 0 Å². The average molecular weight is 364 g/mol. The van der Waals surface area contributed by atoms with Gasteiger partial charge in [0.25, 0.3) is 5.91 Å². The van der Waals surface area contributed by atoms with E-state index in [0.717, 1.165) is 23.9 Å². The van der Waals surface area contributed by atoms with Crippen LogP contribution in [0, 0.1) is 0 Å². The summed E-state index contributed by atoms with van der Waals surface area (Å²) < 4.78 is 11.4. The van der Waals surface area contributed by atoms with Crippen LogP contribution in [0.3, 0.4) is 0 Å². The Balaban J connectivity index is 0.00000147. The second kappa shape index (κ2) is 6.20. The van der Waals surface area contributed by atoms with Gasteiger partial charge in [-0.2, -0.15) is 0 Å². The maximum atomic E-state index is 12.5. The Labute approximate surface area is 131 Å². The third kappa shape index (κ3) is 2.60. The topological polar surface area (TPSA) is 64.8 Å². The molecule has 2 N–H and O–H groups in total. The lowest BCUT2D eigenvalue weighted by Crippen LogP contribution is -2.39. The molecule has 2 aliphatic heterocycles. The van der Waals surface area contributed by atoms with Crippen molar-refractivity contribution in [2.45, 2.75) is 18.9 Å². The molecule has 3 rings (SSSR count). The molecule has 0 aliphatic carbocycles. The lowest BCUT2D eigenvalue weighted by molar-refractivity contribution is 0.0740. The van der Waals surface area contributed by atoms with Gasteiger partial charge >= 0.3 is 0 Å². The van der Waals surface area contributed by atoms with Gasteiger partial charge in [-0.3, -0.25) is 4.79 Å². The molecule has 1 fully saturated rings. The molecule has 1 aromatic rings. The van der Waals surface area contributed by atoms with Gasteiger partial charge in [0.2, 0.25) is 6.79 Å². The van der Waals surface area contributed by atoms with E-state index in [1.165, 1.54) is 0 Å². The number of rotatable bonds is 2. The molecule has 0 bridgehead atoms. The molecular weight excluding hydrogens is 348 g/mol. The maximum Gasteiger partial charge on any atom is 0.254 e. The Kier molecular flexibility index (Phi) is 4.78. The number of carbonyl (C=O) groups excluding carboxylic acids is 1. The number of carbonyl (C=O) groups is 1.